The normalized spacial score (nSPS) is 11.0. The number of hydrogen-bond donors (Lipinski definition) is 2. The van der Waals surface area contributed by atoms with Crippen molar-refractivity contribution in [3.8, 4) is 5.69 Å². The molecule has 0 fully saturated rings. The first kappa shape index (κ1) is 25.9. The molecule has 0 saturated carbocycles. The van der Waals surface area contributed by atoms with Crippen molar-refractivity contribution in [3.63, 3.8) is 0 Å². The van der Waals surface area contributed by atoms with Crippen LogP contribution in [0.25, 0.3) is 16.6 Å². The molecule has 37 heavy (non-hydrogen) atoms. The Hall–Kier alpha value is -4.17. The molecule has 2 N–H and O–H groups in total. The molecular formula is C28H27ClN4O4. The number of hydrogen-bond acceptors (Lipinski definition) is 4. The van der Waals surface area contributed by atoms with Gasteiger partial charge >= 0.3 is 5.69 Å². The Labute approximate surface area is 218 Å². The summed E-state index contributed by atoms with van der Waals surface area (Å²) in [6.45, 7) is 4.30. The Morgan fingerprint density at radius 3 is 2.27 bits per heavy atom. The minimum Gasteiger partial charge on any atom is -0.356 e. The van der Waals surface area contributed by atoms with Gasteiger partial charge in [0.25, 0.3) is 5.56 Å². The predicted octanol–water partition coefficient (Wildman–Crippen LogP) is 3.76. The van der Waals surface area contributed by atoms with Crippen molar-refractivity contribution < 1.29 is 9.59 Å². The maximum absolute atomic E-state index is 13.5. The lowest BCUT2D eigenvalue weighted by molar-refractivity contribution is -0.120. The third-order valence-electron chi connectivity index (χ3n) is 5.77. The van der Waals surface area contributed by atoms with Crippen LogP contribution in [-0.4, -0.2) is 27.5 Å². The number of halogens is 1. The first-order valence-corrected chi connectivity index (χ1v) is 12.3. The number of fused-ring (bicyclic) bond motifs is 1. The Balaban J connectivity index is 1.67. The molecule has 0 unspecified atom stereocenters. The first-order chi connectivity index (χ1) is 17.7. The summed E-state index contributed by atoms with van der Waals surface area (Å²) < 4.78 is 2.30. The van der Waals surface area contributed by atoms with E-state index in [1.165, 1.54) is 4.57 Å². The minimum absolute atomic E-state index is 0.101. The van der Waals surface area contributed by atoms with Gasteiger partial charge in [0, 0.05) is 6.54 Å². The van der Waals surface area contributed by atoms with Gasteiger partial charge in [-0.25, -0.2) is 9.36 Å². The monoisotopic (exact) mass is 518 g/mol. The van der Waals surface area contributed by atoms with Crippen molar-refractivity contribution in [2.45, 2.75) is 26.8 Å². The third kappa shape index (κ3) is 5.98. The maximum atomic E-state index is 13.5. The number of nitrogens with zero attached hydrogens (tertiary/aromatic N) is 2. The number of benzene rings is 3. The summed E-state index contributed by atoms with van der Waals surface area (Å²) in [4.78, 5) is 51.8. The molecule has 4 rings (SSSR count). The zero-order valence-electron chi connectivity index (χ0n) is 20.5. The Morgan fingerprint density at radius 2 is 1.57 bits per heavy atom. The fourth-order valence-electron chi connectivity index (χ4n) is 3.93. The highest BCUT2D eigenvalue weighted by Gasteiger charge is 2.17. The van der Waals surface area contributed by atoms with E-state index in [4.69, 9.17) is 11.6 Å². The molecule has 190 valence electrons. The number of aromatic nitrogens is 2. The largest absolute Gasteiger partial charge is 0.356 e. The first-order valence-electron chi connectivity index (χ1n) is 11.9. The Bertz CT molecular complexity index is 1570. The highest BCUT2D eigenvalue weighted by molar-refractivity contribution is 6.33. The summed E-state index contributed by atoms with van der Waals surface area (Å²) in [5.41, 5.74) is 0.714. The number of rotatable bonds is 8. The number of nitrogens with one attached hydrogen (secondary N) is 2. The average Bonchev–Trinajstić information content (AvgIpc) is 2.88. The van der Waals surface area contributed by atoms with Crippen molar-refractivity contribution in [3.05, 3.63) is 104 Å². The molecule has 4 aromatic rings. The molecule has 0 saturated heterocycles. The zero-order valence-corrected chi connectivity index (χ0v) is 21.3. The number of anilines is 1. The van der Waals surface area contributed by atoms with E-state index in [-0.39, 0.29) is 18.9 Å². The van der Waals surface area contributed by atoms with E-state index in [1.54, 1.807) is 72.8 Å². The van der Waals surface area contributed by atoms with Gasteiger partial charge in [-0.05, 0) is 47.9 Å². The summed E-state index contributed by atoms with van der Waals surface area (Å²) in [6.07, 6.45) is 0.187. The van der Waals surface area contributed by atoms with E-state index >= 15 is 0 Å². The summed E-state index contributed by atoms with van der Waals surface area (Å²) >= 11 is 6.15. The number of carbonyl (C=O) groups excluding carboxylic acids is 2. The minimum atomic E-state index is -0.652. The van der Waals surface area contributed by atoms with Gasteiger partial charge in [-0.3, -0.25) is 19.0 Å². The second-order valence-electron chi connectivity index (χ2n) is 9.10. The standard InChI is InChI=1S/C28H27ClN4O4/c1-18(2)16-30-25(34)15-19-11-13-20(14-12-19)33-27(36)21-7-3-6-10-24(21)32(28(33)37)17-26(35)31-23-9-5-4-8-22(23)29/h3-14,18H,15-17H2,1-2H3,(H,30,34)(H,31,35). The molecule has 1 aromatic heterocycles. The molecule has 0 aliphatic heterocycles. The third-order valence-corrected chi connectivity index (χ3v) is 6.10. The Morgan fingerprint density at radius 1 is 0.892 bits per heavy atom. The topological polar surface area (TPSA) is 102 Å². The molecule has 3 aromatic carbocycles. The fourth-order valence-corrected chi connectivity index (χ4v) is 4.11. The van der Waals surface area contributed by atoms with Gasteiger partial charge in [-0.2, -0.15) is 0 Å². The van der Waals surface area contributed by atoms with Crippen LogP contribution in [0.15, 0.2) is 82.4 Å². The lowest BCUT2D eigenvalue weighted by Gasteiger charge is -2.15. The van der Waals surface area contributed by atoms with Crippen LogP contribution < -0.4 is 21.9 Å². The number of amides is 2. The van der Waals surface area contributed by atoms with E-state index in [0.29, 0.717) is 39.8 Å². The van der Waals surface area contributed by atoms with Crippen LogP contribution in [0, 0.1) is 5.92 Å². The maximum Gasteiger partial charge on any atom is 0.336 e. The highest BCUT2D eigenvalue weighted by atomic mass is 35.5. The molecule has 0 radical (unpaired) electrons. The van der Waals surface area contributed by atoms with E-state index < -0.39 is 17.2 Å². The van der Waals surface area contributed by atoms with Gasteiger partial charge in [-0.1, -0.05) is 61.8 Å². The second kappa shape index (κ2) is 11.3. The summed E-state index contributed by atoms with van der Waals surface area (Å²) in [5.74, 6) is -0.218. The highest BCUT2D eigenvalue weighted by Crippen LogP contribution is 2.20. The molecule has 0 aliphatic carbocycles. The van der Waals surface area contributed by atoms with Crippen LogP contribution in [0.1, 0.15) is 19.4 Å². The van der Waals surface area contributed by atoms with Crippen LogP contribution in [0.2, 0.25) is 5.02 Å². The quantitative estimate of drug-likeness (QED) is 0.371. The van der Waals surface area contributed by atoms with Crippen molar-refractivity contribution in [1.29, 1.82) is 0 Å². The van der Waals surface area contributed by atoms with Gasteiger partial charge < -0.3 is 10.6 Å². The van der Waals surface area contributed by atoms with Crippen LogP contribution >= 0.6 is 11.6 Å². The molecule has 0 atom stereocenters. The van der Waals surface area contributed by atoms with Crippen LogP contribution in [0.3, 0.4) is 0 Å². The van der Waals surface area contributed by atoms with Crippen molar-refractivity contribution >= 4 is 40.0 Å². The molecule has 2 amide bonds. The van der Waals surface area contributed by atoms with Gasteiger partial charge in [-0.15, -0.1) is 0 Å². The van der Waals surface area contributed by atoms with Crippen molar-refractivity contribution in [1.82, 2.24) is 14.5 Å². The zero-order chi connectivity index (χ0) is 26.5. The molecule has 0 aliphatic rings. The Kier molecular flexibility index (Phi) is 7.89. The second-order valence-corrected chi connectivity index (χ2v) is 9.50. The smallest absolute Gasteiger partial charge is 0.336 e. The lowest BCUT2D eigenvalue weighted by atomic mass is 10.1. The van der Waals surface area contributed by atoms with Gasteiger partial charge in [0.15, 0.2) is 0 Å². The molecule has 0 bridgehead atoms. The van der Waals surface area contributed by atoms with Crippen LogP contribution in [0.5, 0.6) is 0 Å². The number of para-hydroxylation sites is 2. The van der Waals surface area contributed by atoms with E-state index in [2.05, 4.69) is 10.6 Å². The SMILES string of the molecule is CC(C)CNC(=O)Cc1ccc(-n2c(=O)c3ccccc3n(CC(=O)Nc3ccccc3Cl)c2=O)cc1. The van der Waals surface area contributed by atoms with E-state index in [9.17, 15) is 19.2 Å². The van der Waals surface area contributed by atoms with Crippen molar-refractivity contribution in [2.75, 3.05) is 11.9 Å². The molecule has 1 heterocycles. The summed E-state index contributed by atoms with van der Waals surface area (Å²) in [5, 5.41) is 6.25. The average molecular weight is 519 g/mol. The summed E-state index contributed by atoms with van der Waals surface area (Å²) in [6, 6.07) is 20.1. The van der Waals surface area contributed by atoms with Crippen LogP contribution in [-0.2, 0) is 22.6 Å². The predicted molar refractivity (Wildman–Crippen MR) is 145 cm³/mol. The number of carbonyl (C=O) groups is 2. The van der Waals surface area contributed by atoms with Gasteiger partial charge in [0.2, 0.25) is 11.8 Å². The van der Waals surface area contributed by atoms with Crippen LogP contribution in [0.4, 0.5) is 5.69 Å². The summed E-state index contributed by atoms with van der Waals surface area (Å²) in [7, 11) is 0. The van der Waals surface area contributed by atoms with Crippen molar-refractivity contribution in [2.24, 2.45) is 5.92 Å². The van der Waals surface area contributed by atoms with E-state index in [0.717, 1.165) is 10.1 Å². The lowest BCUT2D eigenvalue weighted by Crippen LogP contribution is -2.40. The molecule has 0 spiro atoms. The molecule has 8 nitrogen and oxygen atoms in total. The van der Waals surface area contributed by atoms with Gasteiger partial charge in [0.05, 0.1) is 33.7 Å². The fraction of sp³-hybridized carbons (Fsp3) is 0.214. The van der Waals surface area contributed by atoms with Gasteiger partial charge in [0.1, 0.15) is 6.54 Å². The van der Waals surface area contributed by atoms with E-state index in [1.807, 2.05) is 13.8 Å². The molecular weight excluding hydrogens is 492 g/mol. The molecule has 9 heteroatoms.